The highest BCUT2D eigenvalue weighted by Gasteiger charge is 2.14. The number of urea groups is 1. The Labute approximate surface area is 107 Å². The first-order chi connectivity index (χ1) is 8.63. The van der Waals surface area contributed by atoms with Crippen LogP contribution in [0.15, 0.2) is 30.3 Å². The summed E-state index contributed by atoms with van der Waals surface area (Å²) in [5.74, 6) is -0.204. The lowest BCUT2D eigenvalue weighted by Crippen LogP contribution is -2.48. The SMILES string of the molecule is CCNC(=O)NC(C)C(=O)NCc1ccccc1. The number of amides is 3. The Morgan fingerprint density at radius 1 is 1.17 bits per heavy atom. The van der Waals surface area contributed by atoms with Gasteiger partial charge in [0.25, 0.3) is 0 Å². The van der Waals surface area contributed by atoms with Crippen molar-refractivity contribution in [3.63, 3.8) is 0 Å². The average molecular weight is 249 g/mol. The van der Waals surface area contributed by atoms with Crippen LogP contribution in [-0.2, 0) is 11.3 Å². The van der Waals surface area contributed by atoms with E-state index in [9.17, 15) is 9.59 Å². The van der Waals surface area contributed by atoms with Crippen molar-refractivity contribution in [2.24, 2.45) is 0 Å². The summed E-state index contributed by atoms with van der Waals surface area (Å²) in [6, 6.07) is 8.73. The number of hydrogen-bond donors (Lipinski definition) is 3. The highest BCUT2D eigenvalue weighted by molar-refractivity contribution is 5.86. The molecule has 3 N–H and O–H groups in total. The van der Waals surface area contributed by atoms with Crippen molar-refractivity contribution in [2.45, 2.75) is 26.4 Å². The van der Waals surface area contributed by atoms with E-state index in [0.29, 0.717) is 13.1 Å². The minimum absolute atomic E-state index is 0.204. The van der Waals surface area contributed by atoms with E-state index in [0.717, 1.165) is 5.56 Å². The minimum atomic E-state index is -0.555. The quantitative estimate of drug-likeness (QED) is 0.729. The van der Waals surface area contributed by atoms with Gasteiger partial charge < -0.3 is 16.0 Å². The van der Waals surface area contributed by atoms with Crippen LogP contribution in [0.1, 0.15) is 19.4 Å². The fourth-order valence-electron chi connectivity index (χ4n) is 1.41. The zero-order valence-electron chi connectivity index (χ0n) is 10.7. The van der Waals surface area contributed by atoms with Gasteiger partial charge in [0.15, 0.2) is 0 Å². The Kier molecular flexibility index (Phi) is 5.70. The van der Waals surface area contributed by atoms with Gasteiger partial charge in [-0.05, 0) is 19.4 Å². The van der Waals surface area contributed by atoms with Gasteiger partial charge in [0.2, 0.25) is 5.91 Å². The van der Waals surface area contributed by atoms with Crippen molar-refractivity contribution >= 4 is 11.9 Å². The molecule has 1 rings (SSSR count). The Balaban J connectivity index is 2.34. The molecule has 1 aromatic rings. The van der Waals surface area contributed by atoms with E-state index in [1.54, 1.807) is 6.92 Å². The third kappa shape index (κ3) is 4.86. The molecule has 1 atom stereocenters. The lowest BCUT2D eigenvalue weighted by molar-refractivity contribution is -0.122. The first-order valence-corrected chi connectivity index (χ1v) is 5.99. The van der Waals surface area contributed by atoms with Crippen LogP contribution < -0.4 is 16.0 Å². The molecule has 0 bridgehead atoms. The lowest BCUT2D eigenvalue weighted by atomic mass is 10.2. The van der Waals surface area contributed by atoms with Crippen LogP contribution in [0.4, 0.5) is 4.79 Å². The molecule has 0 aromatic heterocycles. The van der Waals surface area contributed by atoms with Crippen LogP contribution >= 0.6 is 0 Å². The van der Waals surface area contributed by atoms with E-state index in [-0.39, 0.29) is 11.9 Å². The second-order valence-corrected chi connectivity index (χ2v) is 3.93. The molecule has 3 amide bonds. The first-order valence-electron chi connectivity index (χ1n) is 5.99. The third-order valence-corrected chi connectivity index (χ3v) is 2.39. The van der Waals surface area contributed by atoms with Crippen molar-refractivity contribution in [2.75, 3.05) is 6.54 Å². The Morgan fingerprint density at radius 3 is 2.44 bits per heavy atom. The molecule has 0 fully saturated rings. The Morgan fingerprint density at radius 2 is 1.83 bits per heavy atom. The van der Waals surface area contributed by atoms with Crippen LogP contribution in [-0.4, -0.2) is 24.5 Å². The lowest BCUT2D eigenvalue weighted by Gasteiger charge is -2.14. The largest absolute Gasteiger partial charge is 0.350 e. The Bertz CT molecular complexity index is 392. The predicted molar refractivity (Wildman–Crippen MR) is 70.0 cm³/mol. The highest BCUT2D eigenvalue weighted by Crippen LogP contribution is 1.97. The maximum atomic E-state index is 11.7. The second kappa shape index (κ2) is 7.32. The molecule has 18 heavy (non-hydrogen) atoms. The monoisotopic (exact) mass is 249 g/mol. The maximum Gasteiger partial charge on any atom is 0.315 e. The van der Waals surface area contributed by atoms with E-state index in [1.165, 1.54) is 0 Å². The summed E-state index contributed by atoms with van der Waals surface area (Å²) < 4.78 is 0. The van der Waals surface area contributed by atoms with Gasteiger partial charge in [0.05, 0.1) is 0 Å². The molecule has 5 heteroatoms. The van der Waals surface area contributed by atoms with Gasteiger partial charge in [-0.3, -0.25) is 4.79 Å². The molecule has 0 spiro atoms. The summed E-state index contributed by atoms with van der Waals surface area (Å²) in [6.07, 6.45) is 0. The number of carbonyl (C=O) groups excluding carboxylic acids is 2. The van der Waals surface area contributed by atoms with Gasteiger partial charge in [-0.25, -0.2) is 4.79 Å². The summed E-state index contributed by atoms with van der Waals surface area (Å²) in [5.41, 5.74) is 1.02. The van der Waals surface area contributed by atoms with Crippen molar-refractivity contribution in [1.29, 1.82) is 0 Å². The average Bonchev–Trinajstić information content (AvgIpc) is 2.37. The molecule has 1 aromatic carbocycles. The van der Waals surface area contributed by atoms with Gasteiger partial charge in [-0.1, -0.05) is 30.3 Å². The summed E-state index contributed by atoms with van der Waals surface area (Å²) >= 11 is 0. The zero-order chi connectivity index (χ0) is 13.4. The summed E-state index contributed by atoms with van der Waals surface area (Å²) in [4.78, 5) is 22.9. The van der Waals surface area contributed by atoms with Crippen LogP contribution in [0.2, 0.25) is 0 Å². The van der Waals surface area contributed by atoms with Crippen LogP contribution in [0.3, 0.4) is 0 Å². The molecule has 0 aliphatic heterocycles. The molecule has 0 saturated carbocycles. The number of nitrogens with one attached hydrogen (secondary N) is 3. The summed E-state index contributed by atoms with van der Waals surface area (Å²) in [6.45, 7) is 4.46. The molecule has 0 saturated heterocycles. The highest BCUT2D eigenvalue weighted by atomic mass is 16.2. The number of rotatable bonds is 5. The number of hydrogen-bond acceptors (Lipinski definition) is 2. The summed E-state index contributed by atoms with van der Waals surface area (Å²) in [7, 11) is 0. The Hall–Kier alpha value is -2.04. The van der Waals surface area contributed by atoms with Crippen LogP contribution in [0.5, 0.6) is 0 Å². The number of carbonyl (C=O) groups is 2. The van der Waals surface area contributed by atoms with Crippen LogP contribution in [0, 0.1) is 0 Å². The smallest absolute Gasteiger partial charge is 0.315 e. The fourth-order valence-corrected chi connectivity index (χ4v) is 1.41. The molecule has 5 nitrogen and oxygen atoms in total. The molecular formula is C13H19N3O2. The van der Waals surface area contributed by atoms with Gasteiger partial charge >= 0.3 is 6.03 Å². The van der Waals surface area contributed by atoms with Crippen molar-refractivity contribution < 1.29 is 9.59 Å². The fraction of sp³-hybridized carbons (Fsp3) is 0.385. The molecule has 0 radical (unpaired) electrons. The van der Waals surface area contributed by atoms with Crippen molar-refractivity contribution in [3.8, 4) is 0 Å². The van der Waals surface area contributed by atoms with E-state index < -0.39 is 6.04 Å². The van der Waals surface area contributed by atoms with Crippen molar-refractivity contribution in [1.82, 2.24) is 16.0 Å². The van der Waals surface area contributed by atoms with Crippen molar-refractivity contribution in [3.05, 3.63) is 35.9 Å². The van der Waals surface area contributed by atoms with Crippen LogP contribution in [0.25, 0.3) is 0 Å². The van der Waals surface area contributed by atoms with Gasteiger partial charge in [0.1, 0.15) is 6.04 Å². The van der Waals surface area contributed by atoms with E-state index in [2.05, 4.69) is 16.0 Å². The molecule has 0 aliphatic carbocycles. The molecular weight excluding hydrogens is 230 g/mol. The third-order valence-electron chi connectivity index (χ3n) is 2.39. The van der Waals surface area contributed by atoms with E-state index >= 15 is 0 Å². The topological polar surface area (TPSA) is 70.2 Å². The predicted octanol–water partition coefficient (Wildman–Crippen LogP) is 1.01. The second-order valence-electron chi connectivity index (χ2n) is 3.93. The molecule has 0 aliphatic rings. The van der Waals surface area contributed by atoms with E-state index in [4.69, 9.17) is 0 Å². The minimum Gasteiger partial charge on any atom is -0.350 e. The van der Waals surface area contributed by atoms with E-state index in [1.807, 2.05) is 37.3 Å². The standard InChI is InChI=1S/C13H19N3O2/c1-3-14-13(18)16-10(2)12(17)15-9-11-7-5-4-6-8-11/h4-8,10H,3,9H2,1-2H3,(H,15,17)(H2,14,16,18). The van der Waals surface area contributed by atoms with Gasteiger partial charge in [-0.15, -0.1) is 0 Å². The molecule has 0 heterocycles. The summed E-state index contributed by atoms with van der Waals surface area (Å²) in [5, 5.41) is 7.89. The van der Waals surface area contributed by atoms with Gasteiger partial charge in [-0.2, -0.15) is 0 Å². The molecule has 98 valence electrons. The molecule has 1 unspecified atom stereocenters. The first kappa shape index (κ1) is 14.0. The zero-order valence-corrected chi connectivity index (χ0v) is 10.7. The maximum absolute atomic E-state index is 11.7. The normalized spacial score (nSPS) is 11.4. The number of benzene rings is 1. The van der Waals surface area contributed by atoms with Gasteiger partial charge in [0, 0.05) is 13.1 Å².